The lowest BCUT2D eigenvalue weighted by molar-refractivity contribution is -0.123. The van der Waals surface area contributed by atoms with E-state index in [1.165, 1.54) is 25.2 Å². The maximum absolute atomic E-state index is 12.3. The van der Waals surface area contributed by atoms with E-state index in [0.717, 1.165) is 10.1 Å². The molecule has 0 aliphatic carbocycles. The minimum atomic E-state index is -0.964. The van der Waals surface area contributed by atoms with E-state index < -0.39 is 18.0 Å². The molecule has 0 bridgehead atoms. The second kappa shape index (κ2) is 7.49. The number of anilines is 1. The summed E-state index contributed by atoms with van der Waals surface area (Å²) in [5.74, 6) is -1.09. The number of hydrogen-bond donors (Lipinski definition) is 1. The van der Waals surface area contributed by atoms with Crippen molar-refractivity contribution in [3.8, 4) is 0 Å². The van der Waals surface area contributed by atoms with Gasteiger partial charge in [-0.3, -0.25) is 9.59 Å². The summed E-state index contributed by atoms with van der Waals surface area (Å²) in [6.45, 7) is 2.96. The van der Waals surface area contributed by atoms with Crippen LogP contribution in [0.5, 0.6) is 0 Å². The molecule has 1 aromatic heterocycles. The molecule has 1 heterocycles. The minimum Gasteiger partial charge on any atom is -0.448 e. The van der Waals surface area contributed by atoms with Crippen LogP contribution in [0, 0.1) is 0 Å². The Morgan fingerprint density at radius 3 is 2.54 bits per heavy atom. The molecule has 1 atom stereocenters. The molecule has 6 heteroatoms. The van der Waals surface area contributed by atoms with Crippen molar-refractivity contribution in [2.24, 2.45) is 0 Å². The zero-order chi connectivity index (χ0) is 18.7. The van der Waals surface area contributed by atoms with Crippen LogP contribution in [0.2, 0.25) is 0 Å². The zero-order valence-electron chi connectivity index (χ0n) is 14.3. The number of ketones is 1. The number of thiophene rings is 1. The normalized spacial score (nSPS) is 11.8. The second-order valence-corrected chi connectivity index (χ2v) is 6.91. The van der Waals surface area contributed by atoms with Crippen LogP contribution in [0.4, 0.5) is 5.69 Å². The van der Waals surface area contributed by atoms with E-state index >= 15 is 0 Å². The van der Waals surface area contributed by atoms with Crippen LogP contribution in [0.25, 0.3) is 10.1 Å². The van der Waals surface area contributed by atoms with Crippen molar-refractivity contribution in [3.63, 3.8) is 0 Å². The molecule has 1 amide bonds. The average molecular weight is 367 g/mol. The largest absolute Gasteiger partial charge is 0.448 e. The number of amides is 1. The Morgan fingerprint density at radius 1 is 1.04 bits per heavy atom. The molecular weight excluding hydrogens is 350 g/mol. The number of rotatable bonds is 5. The van der Waals surface area contributed by atoms with Crippen molar-refractivity contribution in [2.75, 3.05) is 5.32 Å². The first kappa shape index (κ1) is 17.8. The van der Waals surface area contributed by atoms with E-state index in [9.17, 15) is 14.4 Å². The molecule has 0 unspecified atom stereocenters. The van der Waals surface area contributed by atoms with Gasteiger partial charge in [-0.25, -0.2) is 4.79 Å². The Balaban J connectivity index is 1.66. The highest BCUT2D eigenvalue weighted by Crippen LogP contribution is 2.26. The van der Waals surface area contributed by atoms with Gasteiger partial charge in [-0.05, 0) is 43.5 Å². The van der Waals surface area contributed by atoms with E-state index in [4.69, 9.17) is 4.74 Å². The van der Waals surface area contributed by atoms with Gasteiger partial charge >= 0.3 is 5.97 Å². The molecule has 0 aliphatic rings. The minimum absolute atomic E-state index is 0.0923. The maximum Gasteiger partial charge on any atom is 0.349 e. The van der Waals surface area contributed by atoms with Gasteiger partial charge in [0.15, 0.2) is 11.9 Å². The van der Waals surface area contributed by atoms with Crippen LogP contribution in [0.1, 0.15) is 33.9 Å². The van der Waals surface area contributed by atoms with Crippen LogP contribution < -0.4 is 5.32 Å². The monoisotopic (exact) mass is 367 g/mol. The van der Waals surface area contributed by atoms with E-state index in [-0.39, 0.29) is 5.78 Å². The van der Waals surface area contributed by atoms with Gasteiger partial charge in [0.05, 0.1) is 0 Å². The first-order chi connectivity index (χ1) is 12.4. The average Bonchev–Trinajstić information content (AvgIpc) is 3.06. The van der Waals surface area contributed by atoms with Crippen LogP contribution in [-0.2, 0) is 9.53 Å². The summed E-state index contributed by atoms with van der Waals surface area (Å²) in [4.78, 5) is 36.4. The lowest BCUT2D eigenvalue weighted by Crippen LogP contribution is -2.29. The van der Waals surface area contributed by atoms with Gasteiger partial charge in [0.1, 0.15) is 4.88 Å². The molecule has 5 nitrogen and oxygen atoms in total. The van der Waals surface area contributed by atoms with Gasteiger partial charge in [0, 0.05) is 16.0 Å². The van der Waals surface area contributed by atoms with Gasteiger partial charge in [-0.15, -0.1) is 11.3 Å². The lowest BCUT2D eigenvalue weighted by atomic mass is 10.1. The zero-order valence-corrected chi connectivity index (χ0v) is 15.1. The summed E-state index contributed by atoms with van der Waals surface area (Å²) in [7, 11) is 0. The van der Waals surface area contributed by atoms with Crippen molar-refractivity contribution in [2.45, 2.75) is 20.0 Å². The van der Waals surface area contributed by atoms with E-state index in [0.29, 0.717) is 16.1 Å². The molecule has 0 aliphatic heterocycles. The molecule has 3 aromatic rings. The molecule has 0 fully saturated rings. The van der Waals surface area contributed by atoms with Crippen LogP contribution in [0.15, 0.2) is 54.6 Å². The predicted molar refractivity (Wildman–Crippen MR) is 102 cm³/mol. The van der Waals surface area contributed by atoms with Crippen molar-refractivity contribution < 1.29 is 19.1 Å². The highest BCUT2D eigenvalue weighted by molar-refractivity contribution is 7.20. The topological polar surface area (TPSA) is 72.5 Å². The molecule has 3 rings (SSSR count). The second-order valence-electron chi connectivity index (χ2n) is 5.82. The summed E-state index contributed by atoms with van der Waals surface area (Å²) in [5.41, 5.74) is 0.977. The summed E-state index contributed by atoms with van der Waals surface area (Å²) in [6.07, 6.45) is -0.964. The fourth-order valence-corrected chi connectivity index (χ4v) is 3.36. The van der Waals surface area contributed by atoms with Gasteiger partial charge in [0.2, 0.25) is 0 Å². The smallest absolute Gasteiger partial charge is 0.349 e. The Kier molecular flexibility index (Phi) is 5.14. The summed E-state index contributed by atoms with van der Waals surface area (Å²) < 4.78 is 6.25. The summed E-state index contributed by atoms with van der Waals surface area (Å²) >= 11 is 1.32. The third kappa shape index (κ3) is 3.97. The third-order valence-electron chi connectivity index (χ3n) is 3.82. The number of nitrogens with one attached hydrogen (secondary N) is 1. The van der Waals surface area contributed by atoms with Crippen molar-refractivity contribution in [3.05, 3.63) is 65.0 Å². The molecule has 0 saturated heterocycles. The number of fused-ring (bicyclic) bond motifs is 1. The van der Waals surface area contributed by atoms with Gasteiger partial charge in [0.25, 0.3) is 5.91 Å². The number of carbonyl (C=O) groups excluding carboxylic acids is 3. The Hall–Kier alpha value is -2.99. The summed E-state index contributed by atoms with van der Waals surface area (Å²) in [5, 5.41) is 3.62. The molecule has 132 valence electrons. The molecular formula is C20H17NO4S. The van der Waals surface area contributed by atoms with Crippen LogP contribution >= 0.6 is 11.3 Å². The number of hydrogen-bond acceptors (Lipinski definition) is 5. The van der Waals surface area contributed by atoms with Crippen molar-refractivity contribution in [1.82, 2.24) is 0 Å². The van der Waals surface area contributed by atoms with Crippen LogP contribution in [0.3, 0.4) is 0 Å². The highest BCUT2D eigenvalue weighted by atomic mass is 32.1. The Morgan fingerprint density at radius 2 is 1.81 bits per heavy atom. The van der Waals surface area contributed by atoms with Crippen LogP contribution in [-0.4, -0.2) is 23.8 Å². The Bertz CT molecular complexity index is 959. The molecule has 0 spiro atoms. The van der Waals surface area contributed by atoms with Crippen molar-refractivity contribution in [1.29, 1.82) is 0 Å². The molecule has 2 aromatic carbocycles. The molecule has 0 saturated carbocycles. The molecule has 26 heavy (non-hydrogen) atoms. The van der Waals surface area contributed by atoms with E-state index in [1.54, 1.807) is 30.3 Å². The molecule has 1 N–H and O–H groups in total. The van der Waals surface area contributed by atoms with E-state index in [2.05, 4.69) is 5.32 Å². The number of benzene rings is 2. The fraction of sp³-hybridized carbons (Fsp3) is 0.150. The third-order valence-corrected chi connectivity index (χ3v) is 4.91. The Labute approximate surface area is 154 Å². The summed E-state index contributed by atoms with van der Waals surface area (Å²) in [6, 6.07) is 16.0. The fourth-order valence-electron chi connectivity index (χ4n) is 2.41. The number of esters is 1. The maximum atomic E-state index is 12.3. The quantitative estimate of drug-likeness (QED) is 0.539. The standard InChI is InChI=1S/C20H17NO4S/c1-12(22)14-7-5-8-16(10-14)21-19(23)13(2)25-20(24)18-11-15-6-3-4-9-17(15)26-18/h3-11,13H,1-2H3,(H,21,23)/t13-/m0/s1. The lowest BCUT2D eigenvalue weighted by Gasteiger charge is -2.13. The number of Topliss-reactive ketones (excluding diaryl/α,β-unsaturated/α-hetero) is 1. The van der Waals surface area contributed by atoms with Gasteiger partial charge in [-0.2, -0.15) is 0 Å². The van der Waals surface area contributed by atoms with Crippen molar-refractivity contribution >= 4 is 44.8 Å². The highest BCUT2D eigenvalue weighted by Gasteiger charge is 2.20. The first-order valence-electron chi connectivity index (χ1n) is 8.05. The first-order valence-corrected chi connectivity index (χ1v) is 8.87. The predicted octanol–water partition coefficient (Wildman–Crippen LogP) is 4.29. The van der Waals surface area contributed by atoms with Gasteiger partial charge in [-0.1, -0.05) is 30.3 Å². The van der Waals surface area contributed by atoms with Gasteiger partial charge < -0.3 is 10.1 Å². The SMILES string of the molecule is CC(=O)c1cccc(NC(=O)[C@H](C)OC(=O)c2cc3ccccc3s2)c1. The number of carbonyl (C=O) groups is 3. The number of ether oxygens (including phenoxy) is 1. The van der Waals surface area contributed by atoms with E-state index in [1.807, 2.05) is 24.3 Å². The molecule has 0 radical (unpaired) electrons.